The third-order valence-electron chi connectivity index (χ3n) is 9.94. The lowest BCUT2D eigenvalue weighted by molar-refractivity contribution is 0.0652. The van der Waals surface area contributed by atoms with Gasteiger partial charge < -0.3 is 23.9 Å². The molecule has 3 aromatic heterocycles. The molecule has 10 nitrogen and oxygen atoms in total. The maximum absolute atomic E-state index is 12.9. The number of ether oxygens (including phenoxy) is 3. The third-order valence-corrected chi connectivity index (χ3v) is 11.5. The lowest BCUT2D eigenvalue weighted by atomic mass is 9.97. The van der Waals surface area contributed by atoms with Crippen molar-refractivity contribution in [3.63, 3.8) is 0 Å². The SMILES string of the molecule is COCCOCCn1nc2c(c1C)-c1c(Cl)ccc3c1c(C)c(C(=O)O)n3CCCOc1cc(cc3cc(Cl)ccc13)CCc1cc(nn1C)CSC2. The van der Waals surface area contributed by atoms with Gasteiger partial charge in [-0.2, -0.15) is 10.2 Å². The van der Waals surface area contributed by atoms with Gasteiger partial charge in [0.2, 0.25) is 0 Å². The van der Waals surface area contributed by atoms with Gasteiger partial charge >= 0.3 is 5.97 Å². The van der Waals surface area contributed by atoms with Crippen molar-refractivity contribution in [3.05, 3.63) is 98.2 Å². The van der Waals surface area contributed by atoms with Crippen LogP contribution >= 0.6 is 35.0 Å². The Hall–Kier alpha value is -4.00. The molecule has 8 bridgehead atoms. The normalized spacial score (nSPS) is 14.0. The molecular weight excluding hydrogens is 733 g/mol. The van der Waals surface area contributed by atoms with Crippen molar-refractivity contribution < 1.29 is 24.1 Å². The van der Waals surface area contributed by atoms with E-state index >= 15 is 0 Å². The molecule has 0 fully saturated rings. The number of aromatic carboxylic acids is 1. The zero-order valence-electron chi connectivity index (χ0n) is 30.4. The molecule has 0 amide bonds. The summed E-state index contributed by atoms with van der Waals surface area (Å²) in [6.45, 7) is 6.79. The van der Waals surface area contributed by atoms with Crippen LogP contribution < -0.4 is 4.74 Å². The van der Waals surface area contributed by atoms with Crippen LogP contribution in [0.15, 0.2) is 48.5 Å². The van der Waals surface area contributed by atoms with Crippen LogP contribution in [0.1, 0.15) is 50.8 Å². The Morgan fingerprint density at radius 3 is 2.66 bits per heavy atom. The van der Waals surface area contributed by atoms with Gasteiger partial charge in [0.25, 0.3) is 0 Å². The van der Waals surface area contributed by atoms with Crippen LogP contribution in [-0.2, 0) is 54.0 Å². The van der Waals surface area contributed by atoms with Gasteiger partial charge in [-0.15, -0.1) is 11.8 Å². The molecule has 13 heteroatoms. The Morgan fingerprint density at radius 2 is 1.85 bits per heavy atom. The van der Waals surface area contributed by atoms with Gasteiger partial charge in [0, 0.05) is 81.1 Å². The number of hydrogen-bond donors (Lipinski definition) is 1. The first-order valence-corrected chi connectivity index (χ1v) is 19.7. The summed E-state index contributed by atoms with van der Waals surface area (Å²) in [4.78, 5) is 12.9. The van der Waals surface area contributed by atoms with Crippen molar-refractivity contribution >= 4 is 62.6 Å². The zero-order valence-corrected chi connectivity index (χ0v) is 32.7. The summed E-state index contributed by atoms with van der Waals surface area (Å²) in [7, 11) is 3.65. The molecule has 1 aliphatic heterocycles. The highest BCUT2D eigenvalue weighted by atomic mass is 35.5. The molecular formula is C40H43Cl2N5O5S. The fourth-order valence-electron chi connectivity index (χ4n) is 7.45. The van der Waals surface area contributed by atoms with Crippen molar-refractivity contribution in [2.75, 3.05) is 33.5 Å². The standard InChI is InChI=1S/C40H43Cl2N5O5S/c1-24-36-34-11-10-32(42)38(36)37-25(2)47(13-15-51-17-16-50-4)44-33(37)23-53-22-29-21-30(45(3)43-29)8-6-26-18-27-20-28(41)7-9-31(27)35(19-26)52-14-5-12-46(34)39(24)40(48)49/h7,9-11,18-21H,5-6,8,12-17,22-23H2,1-4H3,(H,48,49). The van der Waals surface area contributed by atoms with Gasteiger partial charge in [-0.05, 0) is 92.1 Å². The number of fused-ring (bicyclic) bond motifs is 8. The minimum absolute atomic E-state index is 0.242. The molecule has 278 valence electrons. The number of carbonyl (C=O) groups is 1. The van der Waals surface area contributed by atoms with Crippen molar-refractivity contribution in [1.82, 2.24) is 24.1 Å². The molecule has 0 atom stereocenters. The van der Waals surface area contributed by atoms with Crippen molar-refractivity contribution in [3.8, 4) is 16.9 Å². The van der Waals surface area contributed by atoms with Crippen LogP contribution in [0.5, 0.6) is 5.75 Å². The van der Waals surface area contributed by atoms with E-state index in [0.29, 0.717) is 73.1 Å². The van der Waals surface area contributed by atoms with E-state index < -0.39 is 5.97 Å². The molecule has 7 rings (SSSR count). The highest BCUT2D eigenvalue weighted by Gasteiger charge is 2.27. The lowest BCUT2D eigenvalue weighted by Gasteiger charge is -2.14. The van der Waals surface area contributed by atoms with E-state index in [4.69, 9.17) is 47.6 Å². The summed E-state index contributed by atoms with van der Waals surface area (Å²) in [5.74, 6) is 1.10. The van der Waals surface area contributed by atoms with Crippen LogP contribution in [-0.4, -0.2) is 68.7 Å². The smallest absolute Gasteiger partial charge is 0.352 e. The molecule has 0 radical (unpaired) electrons. The lowest BCUT2D eigenvalue weighted by Crippen LogP contribution is -2.12. The fourth-order valence-corrected chi connectivity index (χ4v) is 8.73. The number of aromatic nitrogens is 5. The first kappa shape index (κ1) is 37.3. The molecule has 1 aliphatic rings. The van der Waals surface area contributed by atoms with Gasteiger partial charge in [-0.25, -0.2) is 4.79 Å². The second-order valence-electron chi connectivity index (χ2n) is 13.4. The largest absolute Gasteiger partial charge is 0.493 e. The van der Waals surface area contributed by atoms with Crippen LogP contribution in [0, 0.1) is 13.8 Å². The van der Waals surface area contributed by atoms with E-state index in [1.807, 2.05) is 65.2 Å². The van der Waals surface area contributed by atoms with Gasteiger partial charge in [0.1, 0.15) is 11.4 Å². The summed E-state index contributed by atoms with van der Waals surface area (Å²) >= 11 is 15.3. The van der Waals surface area contributed by atoms with E-state index in [0.717, 1.165) is 79.7 Å². The average Bonchev–Trinajstić information content (AvgIpc) is 3.74. The second-order valence-corrected chi connectivity index (χ2v) is 15.2. The number of benzene rings is 3. The first-order valence-electron chi connectivity index (χ1n) is 17.8. The minimum atomic E-state index is -0.988. The Labute approximate surface area is 322 Å². The van der Waals surface area contributed by atoms with Gasteiger partial charge in [0.05, 0.1) is 44.4 Å². The summed E-state index contributed by atoms with van der Waals surface area (Å²) in [5, 5.41) is 24.6. The Bertz CT molecular complexity index is 2310. The van der Waals surface area contributed by atoms with Gasteiger partial charge in [-0.1, -0.05) is 29.3 Å². The van der Waals surface area contributed by atoms with Gasteiger partial charge in [0.15, 0.2) is 0 Å². The molecule has 4 heterocycles. The quantitative estimate of drug-likeness (QED) is 0.161. The maximum Gasteiger partial charge on any atom is 0.352 e. The average molecular weight is 777 g/mol. The number of methoxy groups -OCH3 is 1. The highest BCUT2D eigenvalue weighted by molar-refractivity contribution is 7.97. The number of carboxylic acids is 1. The molecule has 53 heavy (non-hydrogen) atoms. The number of halogens is 2. The Balaban J connectivity index is 1.33. The molecule has 0 unspecified atom stereocenters. The van der Waals surface area contributed by atoms with Crippen LogP contribution in [0.3, 0.4) is 0 Å². The summed E-state index contributed by atoms with van der Waals surface area (Å²) in [5.41, 5.74) is 8.55. The molecule has 3 aromatic carbocycles. The van der Waals surface area contributed by atoms with E-state index in [2.05, 4.69) is 18.2 Å². The Morgan fingerprint density at radius 1 is 1.00 bits per heavy atom. The summed E-state index contributed by atoms with van der Waals surface area (Å²) in [6.07, 6.45) is 2.20. The topological polar surface area (TPSA) is 106 Å². The van der Waals surface area contributed by atoms with Crippen molar-refractivity contribution in [2.24, 2.45) is 7.05 Å². The van der Waals surface area contributed by atoms with Crippen LogP contribution in [0.4, 0.5) is 0 Å². The van der Waals surface area contributed by atoms with E-state index in [1.165, 1.54) is 0 Å². The van der Waals surface area contributed by atoms with Crippen molar-refractivity contribution in [1.29, 1.82) is 0 Å². The number of thioether (sulfide) groups is 1. The number of nitrogens with zero attached hydrogens (tertiary/aromatic N) is 5. The number of rotatable bonds is 7. The molecule has 0 aliphatic carbocycles. The van der Waals surface area contributed by atoms with E-state index in [1.54, 1.807) is 18.9 Å². The maximum atomic E-state index is 12.9. The molecule has 6 aromatic rings. The van der Waals surface area contributed by atoms with Crippen LogP contribution in [0.25, 0.3) is 32.8 Å². The monoisotopic (exact) mass is 775 g/mol. The number of carboxylic acid groups (broad SMARTS) is 1. The number of hydrogen-bond acceptors (Lipinski definition) is 7. The molecule has 0 saturated heterocycles. The number of aryl methyl sites for hydroxylation is 5. The summed E-state index contributed by atoms with van der Waals surface area (Å²) in [6, 6.07) is 16.1. The fraction of sp³-hybridized carbons (Fsp3) is 0.375. The van der Waals surface area contributed by atoms with Crippen molar-refractivity contribution in [2.45, 2.75) is 57.7 Å². The Kier molecular flexibility index (Phi) is 11.4. The third kappa shape index (κ3) is 7.68. The van der Waals surface area contributed by atoms with E-state index in [-0.39, 0.29) is 5.69 Å². The second kappa shape index (κ2) is 16.2. The predicted molar refractivity (Wildman–Crippen MR) is 212 cm³/mol. The van der Waals surface area contributed by atoms with E-state index in [9.17, 15) is 9.90 Å². The highest BCUT2D eigenvalue weighted by Crippen LogP contribution is 2.43. The first-order chi connectivity index (χ1) is 25.6. The zero-order chi connectivity index (χ0) is 37.2. The summed E-state index contributed by atoms with van der Waals surface area (Å²) < 4.78 is 23.2. The van der Waals surface area contributed by atoms with Gasteiger partial charge in [-0.3, -0.25) is 9.36 Å². The van der Waals surface area contributed by atoms with Crippen LogP contribution in [0.2, 0.25) is 10.0 Å². The molecule has 0 saturated carbocycles. The molecule has 1 N–H and O–H groups in total. The molecule has 0 spiro atoms. The minimum Gasteiger partial charge on any atom is -0.493 e. The predicted octanol–water partition coefficient (Wildman–Crippen LogP) is 8.68.